The first-order valence-corrected chi connectivity index (χ1v) is 8.21. The second-order valence-electron chi connectivity index (χ2n) is 6.16. The van der Waals surface area contributed by atoms with Crippen molar-refractivity contribution < 1.29 is 9.47 Å². The number of ether oxygens (including phenoxy) is 2. The molecule has 0 aromatic carbocycles. The minimum absolute atomic E-state index is 0.171. The van der Waals surface area contributed by atoms with E-state index in [1.54, 1.807) is 6.26 Å². The number of fused-ring (bicyclic) bond motifs is 2. The van der Waals surface area contributed by atoms with E-state index in [4.69, 9.17) is 21.1 Å². The highest BCUT2D eigenvalue weighted by molar-refractivity contribution is 6.31. The molecule has 0 amide bonds. The molecule has 0 aromatic rings. The fourth-order valence-corrected chi connectivity index (χ4v) is 3.06. The lowest BCUT2D eigenvalue weighted by Crippen LogP contribution is -2.24. The zero-order chi connectivity index (χ0) is 16.4. The van der Waals surface area contributed by atoms with E-state index in [2.05, 4.69) is 50.2 Å². The minimum Gasteiger partial charge on any atom is -0.474 e. The van der Waals surface area contributed by atoms with Crippen molar-refractivity contribution in [2.24, 2.45) is 0 Å². The number of nitrogens with zero attached hydrogens (tertiary/aromatic N) is 1. The summed E-state index contributed by atoms with van der Waals surface area (Å²) >= 11 is 6.15. The Kier molecular flexibility index (Phi) is 4.90. The van der Waals surface area contributed by atoms with Crippen LogP contribution in [0.4, 0.5) is 0 Å². The molecule has 0 spiro atoms. The van der Waals surface area contributed by atoms with E-state index in [9.17, 15) is 0 Å². The summed E-state index contributed by atoms with van der Waals surface area (Å²) in [5.41, 5.74) is 4.73. The van der Waals surface area contributed by atoms with Crippen LogP contribution in [0.5, 0.6) is 0 Å². The summed E-state index contributed by atoms with van der Waals surface area (Å²) in [4.78, 5) is 2.20. The van der Waals surface area contributed by atoms with Crippen molar-refractivity contribution in [3.63, 3.8) is 0 Å². The molecule has 2 unspecified atom stereocenters. The van der Waals surface area contributed by atoms with Gasteiger partial charge in [0.15, 0.2) is 6.79 Å². The summed E-state index contributed by atoms with van der Waals surface area (Å²) < 4.78 is 11.3. The van der Waals surface area contributed by atoms with E-state index in [-0.39, 0.29) is 12.9 Å². The molecule has 2 atom stereocenters. The average Bonchev–Trinajstić information content (AvgIpc) is 2.50. The quantitative estimate of drug-likeness (QED) is 0.761. The molecule has 0 bridgehead atoms. The van der Waals surface area contributed by atoms with Gasteiger partial charge in [0.25, 0.3) is 0 Å². The third kappa shape index (κ3) is 3.52. The van der Waals surface area contributed by atoms with Gasteiger partial charge >= 0.3 is 0 Å². The van der Waals surface area contributed by atoms with Gasteiger partial charge < -0.3 is 14.4 Å². The van der Waals surface area contributed by atoms with Gasteiger partial charge in [-0.3, -0.25) is 0 Å². The highest BCUT2D eigenvalue weighted by Crippen LogP contribution is 2.37. The van der Waals surface area contributed by atoms with Crippen molar-refractivity contribution in [1.82, 2.24) is 4.90 Å². The molecular weight excluding hydrogens is 310 g/mol. The van der Waals surface area contributed by atoms with Gasteiger partial charge in [-0.25, -0.2) is 0 Å². The predicted octanol–water partition coefficient (Wildman–Crippen LogP) is 4.07. The first-order chi connectivity index (χ1) is 11.1. The van der Waals surface area contributed by atoms with Crippen LogP contribution in [0, 0.1) is 0 Å². The molecule has 122 valence electrons. The van der Waals surface area contributed by atoms with Gasteiger partial charge in [-0.2, -0.15) is 0 Å². The summed E-state index contributed by atoms with van der Waals surface area (Å²) in [7, 11) is 4.18. The van der Waals surface area contributed by atoms with Gasteiger partial charge in [0.05, 0.1) is 6.26 Å². The standard InChI is InChI=1S/C19H22ClNO2/c1-13(21(2)3)9-14-5-4-6-15-11-22-12-23-18-10-16(20)7-8-17(18)19(14)15/h4,6-11,13,18H,5,12H2,1-3H3. The van der Waals surface area contributed by atoms with Gasteiger partial charge in [-0.05, 0) is 56.3 Å². The molecular formula is C19H22ClNO2. The summed E-state index contributed by atoms with van der Waals surface area (Å²) in [5, 5.41) is 0.698. The molecule has 23 heavy (non-hydrogen) atoms. The number of rotatable bonds is 2. The lowest BCUT2D eigenvalue weighted by atomic mass is 9.83. The Hall–Kier alpha value is -1.55. The first-order valence-electron chi connectivity index (χ1n) is 7.83. The van der Waals surface area contributed by atoms with Crippen molar-refractivity contribution in [3.05, 3.63) is 70.0 Å². The topological polar surface area (TPSA) is 21.7 Å². The Labute approximate surface area is 142 Å². The van der Waals surface area contributed by atoms with E-state index in [0.717, 1.165) is 17.6 Å². The van der Waals surface area contributed by atoms with Crippen molar-refractivity contribution in [1.29, 1.82) is 0 Å². The summed E-state index contributed by atoms with van der Waals surface area (Å²) in [6.45, 7) is 2.42. The van der Waals surface area contributed by atoms with Gasteiger partial charge in [-0.15, -0.1) is 0 Å². The maximum absolute atomic E-state index is 6.15. The number of hydrogen-bond donors (Lipinski definition) is 0. The lowest BCUT2D eigenvalue weighted by Gasteiger charge is -2.29. The van der Waals surface area contributed by atoms with E-state index in [0.29, 0.717) is 11.1 Å². The molecule has 0 fully saturated rings. The Morgan fingerprint density at radius 1 is 1.30 bits per heavy atom. The van der Waals surface area contributed by atoms with Crippen LogP contribution in [0.3, 0.4) is 0 Å². The van der Waals surface area contributed by atoms with Gasteiger partial charge in [0, 0.05) is 16.6 Å². The van der Waals surface area contributed by atoms with Crippen molar-refractivity contribution in [2.45, 2.75) is 25.5 Å². The van der Waals surface area contributed by atoms with Crippen molar-refractivity contribution in [3.8, 4) is 0 Å². The monoisotopic (exact) mass is 331 g/mol. The second kappa shape index (κ2) is 6.91. The zero-order valence-corrected chi connectivity index (χ0v) is 14.5. The second-order valence-corrected chi connectivity index (χ2v) is 6.60. The fourth-order valence-electron chi connectivity index (χ4n) is 2.88. The smallest absolute Gasteiger partial charge is 0.189 e. The highest BCUT2D eigenvalue weighted by Gasteiger charge is 2.26. The molecule has 2 aliphatic carbocycles. The Balaban J connectivity index is 2.12. The van der Waals surface area contributed by atoms with Crippen LogP contribution in [0.1, 0.15) is 13.3 Å². The van der Waals surface area contributed by atoms with Crippen LogP contribution >= 0.6 is 11.6 Å². The molecule has 0 radical (unpaired) electrons. The third-order valence-corrected chi connectivity index (χ3v) is 4.61. The summed E-state index contributed by atoms with van der Waals surface area (Å²) in [6.07, 6.45) is 15.1. The number of hydrogen-bond acceptors (Lipinski definition) is 3. The Morgan fingerprint density at radius 3 is 2.91 bits per heavy atom. The van der Waals surface area contributed by atoms with Crippen LogP contribution in [-0.4, -0.2) is 37.9 Å². The lowest BCUT2D eigenvalue weighted by molar-refractivity contribution is -0.0280. The molecule has 3 rings (SSSR count). The van der Waals surface area contributed by atoms with Gasteiger partial charge in [-0.1, -0.05) is 35.9 Å². The van der Waals surface area contributed by atoms with Crippen molar-refractivity contribution >= 4 is 11.6 Å². The number of halogens is 1. The molecule has 3 aliphatic rings. The van der Waals surface area contributed by atoms with E-state index in [1.165, 1.54) is 11.1 Å². The normalized spacial score (nSPS) is 26.8. The molecule has 3 nitrogen and oxygen atoms in total. The average molecular weight is 332 g/mol. The highest BCUT2D eigenvalue weighted by atomic mass is 35.5. The molecule has 4 heteroatoms. The van der Waals surface area contributed by atoms with E-state index >= 15 is 0 Å². The third-order valence-electron chi connectivity index (χ3n) is 4.36. The van der Waals surface area contributed by atoms with E-state index < -0.39 is 0 Å². The summed E-state index contributed by atoms with van der Waals surface area (Å²) in [5.74, 6) is 0. The molecule has 1 aliphatic heterocycles. The van der Waals surface area contributed by atoms with Crippen LogP contribution in [0.15, 0.2) is 70.0 Å². The molecule has 0 N–H and O–H groups in total. The molecule has 0 saturated heterocycles. The molecule has 0 saturated carbocycles. The SMILES string of the molecule is CC(C=C1CC=CC2=COCOC3C=C(Cl)C=CC3=C21)N(C)C. The maximum atomic E-state index is 6.15. The molecule has 1 heterocycles. The van der Waals surface area contributed by atoms with Crippen molar-refractivity contribution in [2.75, 3.05) is 20.9 Å². The number of allylic oxidation sites excluding steroid dienone is 7. The van der Waals surface area contributed by atoms with Crippen LogP contribution in [0.25, 0.3) is 0 Å². The zero-order valence-electron chi connectivity index (χ0n) is 13.8. The minimum atomic E-state index is -0.171. The van der Waals surface area contributed by atoms with Gasteiger partial charge in [0.1, 0.15) is 6.10 Å². The first kappa shape index (κ1) is 16.3. The van der Waals surface area contributed by atoms with Crippen LogP contribution in [-0.2, 0) is 9.47 Å². The van der Waals surface area contributed by atoms with Crippen LogP contribution in [0.2, 0.25) is 0 Å². The predicted molar refractivity (Wildman–Crippen MR) is 94.0 cm³/mol. The molecule has 0 aromatic heterocycles. The number of likely N-dealkylation sites (N-methyl/N-ethyl adjacent to an activating group) is 1. The Morgan fingerprint density at radius 2 is 2.13 bits per heavy atom. The largest absolute Gasteiger partial charge is 0.474 e. The van der Waals surface area contributed by atoms with Crippen LogP contribution < -0.4 is 0 Å². The fraction of sp³-hybridized carbons (Fsp3) is 0.368. The van der Waals surface area contributed by atoms with Gasteiger partial charge in [0.2, 0.25) is 0 Å². The summed E-state index contributed by atoms with van der Waals surface area (Å²) in [6, 6.07) is 0.350. The van der Waals surface area contributed by atoms with E-state index in [1.807, 2.05) is 12.2 Å². The maximum Gasteiger partial charge on any atom is 0.189 e. The Bertz CT molecular complexity index is 665.